The standard InChI is InChI=1S/C15H15N3O5S2/c1-7-12(15(20)21)25-14(17-7)8(2)16-13(19)9-4-5-11(24-3)10(6-9)18(22)23/h4-6,8H,1-3H3,(H,16,19)(H,20,21). The predicted octanol–water partition coefficient (Wildman–Crippen LogP) is 3.27. The van der Waals surface area contributed by atoms with Gasteiger partial charge in [-0.3, -0.25) is 14.9 Å². The number of aryl methyl sites for hydroxylation is 1. The number of carbonyl (C=O) groups is 2. The highest BCUT2D eigenvalue weighted by molar-refractivity contribution is 7.98. The Morgan fingerprint density at radius 2 is 2.12 bits per heavy atom. The molecule has 2 N–H and O–H groups in total. The molecule has 0 aliphatic carbocycles. The van der Waals surface area contributed by atoms with E-state index >= 15 is 0 Å². The van der Waals surface area contributed by atoms with Crippen molar-refractivity contribution >= 4 is 40.7 Å². The molecule has 2 rings (SSSR count). The van der Waals surface area contributed by atoms with E-state index in [1.807, 2.05) is 0 Å². The van der Waals surface area contributed by atoms with Crippen LogP contribution in [0.1, 0.15) is 43.7 Å². The second-order valence-electron chi connectivity index (χ2n) is 5.11. The minimum atomic E-state index is -1.07. The minimum absolute atomic E-state index is 0.121. The number of amides is 1. The number of carboxylic acids is 1. The molecule has 0 aliphatic rings. The third-order valence-electron chi connectivity index (χ3n) is 3.36. The Bertz CT molecular complexity index is 850. The summed E-state index contributed by atoms with van der Waals surface area (Å²) in [5.74, 6) is -1.56. The van der Waals surface area contributed by atoms with E-state index in [-0.39, 0.29) is 16.1 Å². The van der Waals surface area contributed by atoms with Crippen molar-refractivity contribution < 1.29 is 19.6 Å². The van der Waals surface area contributed by atoms with Gasteiger partial charge in [0.15, 0.2) is 0 Å². The van der Waals surface area contributed by atoms with Crippen molar-refractivity contribution in [3.63, 3.8) is 0 Å². The highest BCUT2D eigenvalue weighted by Crippen LogP contribution is 2.29. The van der Waals surface area contributed by atoms with Crippen LogP contribution < -0.4 is 5.32 Å². The van der Waals surface area contributed by atoms with Gasteiger partial charge < -0.3 is 10.4 Å². The third kappa shape index (κ3) is 4.15. The van der Waals surface area contributed by atoms with Gasteiger partial charge in [0.25, 0.3) is 11.6 Å². The number of thioether (sulfide) groups is 1. The zero-order valence-corrected chi connectivity index (χ0v) is 15.2. The van der Waals surface area contributed by atoms with Crippen molar-refractivity contribution in [3.05, 3.63) is 49.5 Å². The Morgan fingerprint density at radius 3 is 2.64 bits per heavy atom. The number of nitrogens with zero attached hydrogens (tertiary/aromatic N) is 2. The molecule has 1 amide bonds. The zero-order chi connectivity index (χ0) is 18.7. The number of aromatic carboxylic acids is 1. The van der Waals surface area contributed by atoms with Crippen molar-refractivity contribution in [2.45, 2.75) is 24.8 Å². The number of carbonyl (C=O) groups excluding carboxylic acids is 1. The topological polar surface area (TPSA) is 122 Å². The number of hydrogen-bond donors (Lipinski definition) is 2. The van der Waals surface area contributed by atoms with Crippen LogP contribution in [0.4, 0.5) is 5.69 Å². The average Bonchev–Trinajstić information content (AvgIpc) is 2.96. The molecule has 132 valence electrons. The molecule has 0 spiro atoms. The minimum Gasteiger partial charge on any atom is -0.477 e. The van der Waals surface area contributed by atoms with Crippen LogP contribution in [-0.2, 0) is 0 Å². The lowest BCUT2D eigenvalue weighted by Gasteiger charge is -2.11. The SMILES string of the molecule is CSc1ccc(C(=O)NC(C)c2nc(C)c(C(=O)O)s2)cc1[N+](=O)[O-]. The first-order valence-corrected chi connectivity index (χ1v) is 9.12. The highest BCUT2D eigenvalue weighted by Gasteiger charge is 2.21. The number of nitrogens with one attached hydrogen (secondary N) is 1. The molecule has 25 heavy (non-hydrogen) atoms. The molecule has 0 saturated heterocycles. The fraction of sp³-hybridized carbons (Fsp3) is 0.267. The monoisotopic (exact) mass is 381 g/mol. The Labute approximate surface area is 151 Å². The van der Waals surface area contributed by atoms with E-state index in [0.717, 1.165) is 11.3 Å². The van der Waals surface area contributed by atoms with Crippen LogP contribution in [0.5, 0.6) is 0 Å². The van der Waals surface area contributed by atoms with E-state index in [0.29, 0.717) is 15.6 Å². The van der Waals surface area contributed by atoms with Gasteiger partial charge in [-0.1, -0.05) is 0 Å². The van der Waals surface area contributed by atoms with E-state index in [9.17, 15) is 19.7 Å². The van der Waals surface area contributed by atoms with E-state index < -0.39 is 22.8 Å². The quantitative estimate of drug-likeness (QED) is 0.447. The number of benzene rings is 1. The Balaban J connectivity index is 2.21. The molecule has 10 heteroatoms. The fourth-order valence-corrected chi connectivity index (χ4v) is 3.57. The summed E-state index contributed by atoms with van der Waals surface area (Å²) in [6.45, 7) is 3.26. The van der Waals surface area contributed by atoms with Crippen LogP contribution in [0, 0.1) is 17.0 Å². The Hall–Kier alpha value is -2.46. The van der Waals surface area contributed by atoms with Crippen LogP contribution >= 0.6 is 23.1 Å². The van der Waals surface area contributed by atoms with Crippen molar-refractivity contribution in [2.24, 2.45) is 0 Å². The first-order valence-electron chi connectivity index (χ1n) is 7.08. The van der Waals surface area contributed by atoms with E-state index in [2.05, 4.69) is 10.3 Å². The summed E-state index contributed by atoms with van der Waals surface area (Å²) in [4.78, 5) is 38.7. The number of hydrogen-bond acceptors (Lipinski definition) is 7. The molecule has 2 aromatic rings. The molecule has 1 heterocycles. The Morgan fingerprint density at radius 1 is 1.44 bits per heavy atom. The lowest BCUT2D eigenvalue weighted by Crippen LogP contribution is -2.26. The molecule has 8 nitrogen and oxygen atoms in total. The summed E-state index contributed by atoms with van der Waals surface area (Å²) in [6, 6.07) is 3.74. The number of thiazole rings is 1. The molecule has 1 atom stereocenters. The largest absolute Gasteiger partial charge is 0.477 e. The van der Waals surface area contributed by atoms with E-state index in [1.54, 1.807) is 20.1 Å². The maximum Gasteiger partial charge on any atom is 0.347 e. The number of aromatic nitrogens is 1. The van der Waals surface area contributed by atoms with Gasteiger partial charge in [0.2, 0.25) is 0 Å². The summed E-state index contributed by atoms with van der Waals surface area (Å²) in [7, 11) is 0. The van der Waals surface area contributed by atoms with Gasteiger partial charge in [-0.05, 0) is 32.2 Å². The summed E-state index contributed by atoms with van der Waals surface area (Å²) in [6.07, 6.45) is 1.72. The first kappa shape index (κ1) is 18.9. The van der Waals surface area contributed by atoms with Crippen molar-refractivity contribution in [3.8, 4) is 0 Å². The summed E-state index contributed by atoms with van der Waals surface area (Å²) in [5, 5.41) is 23.3. The molecule has 1 unspecified atom stereocenters. The second kappa shape index (κ2) is 7.62. The number of nitro groups is 1. The number of carboxylic acid groups (broad SMARTS) is 1. The molecule has 0 radical (unpaired) electrons. The van der Waals surface area contributed by atoms with Crippen LogP contribution in [0.15, 0.2) is 23.1 Å². The van der Waals surface area contributed by atoms with Gasteiger partial charge in [-0.25, -0.2) is 9.78 Å². The predicted molar refractivity (Wildman–Crippen MR) is 94.6 cm³/mol. The molecule has 0 saturated carbocycles. The van der Waals surface area contributed by atoms with Gasteiger partial charge in [-0.15, -0.1) is 23.1 Å². The molecular weight excluding hydrogens is 366 g/mol. The molecular formula is C15H15N3O5S2. The summed E-state index contributed by atoms with van der Waals surface area (Å²) in [5.41, 5.74) is 0.405. The normalized spacial score (nSPS) is 11.8. The summed E-state index contributed by atoms with van der Waals surface area (Å²) < 4.78 is 0. The van der Waals surface area contributed by atoms with Gasteiger partial charge in [0.1, 0.15) is 9.88 Å². The van der Waals surface area contributed by atoms with Crippen molar-refractivity contribution in [1.29, 1.82) is 0 Å². The van der Waals surface area contributed by atoms with Crippen LogP contribution in [-0.4, -0.2) is 33.1 Å². The van der Waals surface area contributed by atoms with Gasteiger partial charge >= 0.3 is 5.97 Å². The molecule has 0 bridgehead atoms. The van der Waals surface area contributed by atoms with Crippen LogP contribution in [0.25, 0.3) is 0 Å². The van der Waals surface area contributed by atoms with E-state index in [4.69, 9.17) is 5.11 Å². The maximum atomic E-state index is 12.3. The maximum absolute atomic E-state index is 12.3. The highest BCUT2D eigenvalue weighted by atomic mass is 32.2. The molecule has 0 fully saturated rings. The number of nitro benzene ring substituents is 1. The first-order chi connectivity index (χ1) is 11.7. The lowest BCUT2D eigenvalue weighted by molar-refractivity contribution is -0.387. The fourth-order valence-electron chi connectivity index (χ4n) is 2.12. The van der Waals surface area contributed by atoms with Gasteiger partial charge in [0, 0.05) is 11.6 Å². The zero-order valence-electron chi connectivity index (χ0n) is 13.6. The van der Waals surface area contributed by atoms with Gasteiger partial charge in [0.05, 0.1) is 21.6 Å². The third-order valence-corrected chi connectivity index (χ3v) is 5.48. The molecule has 1 aromatic carbocycles. The molecule has 0 aliphatic heterocycles. The van der Waals surface area contributed by atoms with Gasteiger partial charge in [-0.2, -0.15) is 0 Å². The average molecular weight is 381 g/mol. The van der Waals surface area contributed by atoms with Crippen molar-refractivity contribution in [1.82, 2.24) is 10.3 Å². The van der Waals surface area contributed by atoms with Crippen molar-refractivity contribution in [2.75, 3.05) is 6.26 Å². The Kier molecular flexibility index (Phi) is 5.75. The molecule has 1 aromatic heterocycles. The lowest BCUT2D eigenvalue weighted by atomic mass is 10.1. The smallest absolute Gasteiger partial charge is 0.347 e. The second-order valence-corrected chi connectivity index (χ2v) is 6.99. The van der Waals surface area contributed by atoms with Crippen LogP contribution in [0.2, 0.25) is 0 Å². The van der Waals surface area contributed by atoms with E-state index in [1.165, 1.54) is 30.0 Å². The number of rotatable bonds is 6. The van der Waals surface area contributed by atoms with Crippen LogP contribution in [0.3, 0.4) is 0 Å². The summed E-state index contributed by atoms with van der Waals surface area (Å²) >= 11 is 2.21.